The maximum Gasteiger partial charge on any atom is 0.261 e. The number of halogens is 1. The lowest BCUT2D eigenvalue weighted by atomic mass is 10.2. The molecule has 164 valence electrons. The van der Waals surface area contributed by atoms with E-state index in [0.29, 0.717) is 47.8 Å². The molecule has 0 aliphatic carbocycles. The molecular weight excluding hydrogens is 480 g/mol. The van der Waals surface area contributed by atoms with Gasteiger partial charge in [-0.15, -0.1) is 0 Å². The van der Waals surface area contributed by atoms with Crippen molar-refractivity contribution in [2.75, 3.05) is 26.2 Å². The van der Waals surface area contributed by atoms with Gasteiger partial charge in [-0.25, -0.2) is 13.4 Å². The number of sulfonamides is 1. The number of aromatic nitrogens is 2. The monoisotopic (exact) mass is 504 g/mol. The van der Waals surface area contributed by atoms with Crippen molar-refractivity contribution in [2.24, 2.45) is 7.05 Å². The molecule has 7 nitrogen and oxygen atoms in total. The lowest BCUT2D eigenvalue weighted by molar-refractivity contribution is 0.139. The second-order valence-electron chi connectivity index (χ2n) is 7.92. The molecule has 0 bridgehead atoms. The van der Waals surface area contributed by atoms with Crippen LogP contribution in [0.5, 0.6) is 0 Å². The average molecular weight is 505 g/mol. The Hall–Kier alpha value is -2.07. The van der Waals surface area contributed by atoms with E-state index in [0.717, 1.165) is 10.0 Å². The van der Waals surface area contributed by atoms with Crippen molar-refractivity contribution in [2.45, 2.75) is 24.8 Å². The molecule has 2 aromatic carbocycles. The number of benzene rings is 2. The molecule has 4 rings (SSSR count). The molecule has 3 aromatic rings. The molecular formula is C22H25BrN4O3S. The lowest BCUT2D eigenvalue weighted by Crippen LogP contribution is -2.49. The van der Waals surface area contributed by atoms with E-state index in [1.54, 1.807) is 29.8 Å². The van der Waals surface area contributed by atoms with Gasteiger partial charge in [0.25, 0.3) is 5.56 Å². The van der Waals surface area contributed by atoms with Crippen molar-refractivity contribution in [3.8, 4) is 0 Å². The first kappa shape index (κ1) is 22.1. The molecule has 1 atom stereocenters. The van der Waals surface area contributed by atoms with Crippen LogP contribution in [0.1, 0.15) is 24.4 Å². The lowest BCUT2D eigenvalue weighted by Gasteiger charge is -2.37. The van der Waals surface area contributed by atoms with Crippen LogP contribution in [0.2, 0.25) is 0 Å². The molecule has 31 heavy (non-hydrogen) atoms. The van der Waals surface area contributed by atoms with Gasteiger partial charge in [-0.1, -0.05) is 33.6 Å². The largest absolute Gasteiger partial charge is 0.298 e. The highest BCUT2D eigenvalue weighted by atomic mass is 79.9. The molecule has 1 fully saturated rings. The van der Waals surface area contributed by atoms with Gasteiger partial charge >= 0.3 is 0 Å². The van der Waals surface area contributed by atoms with Gasteiger partial charge in [0.05, 0.1) is 21.8 Å². The Labute approximate surface area is 190 Å². The molecule has 9 heteroatoms. The Bertz CT molecular complexity index is 1280. The first-order valence-corrected chi connectivity index (χ1v) is 12.4. The second kappa shape index (κ2) is 8.46. The van der Waals surface area contributed by atoms with E-state index < -0.39 is 10.0 Å². The second-order valence-corrected chi connectivity index (χ2v) is 10.8. The van der Waals surface area contributed by atoms with Gasteiger partial charge in [-0.3, -0.25) is 14.3 Å². The summed E-state index contributed by atoms with van der Waals surface area (Å²) in [6.07, 6.45) is 0. The van der Waals surface area contributed by atoms with E-state index in [2.05, 4.69) is 20.8 Å². The zero-order valence-electron chi connectivity index (χ0n) is 17.7. The zero-order valence-corrected chi connectivity index (χ0v) is 20.1. The van der Waals surface area contributed by atoms with Crippen LogP contribution in [-0.2, 0) is 17.1 Å². The van der Waals surface area contributed by atoms with Crippen LogP contribution in [0, 0.1) is 6.92 Å². The summed E-state index contributed by atoms with van der Waals surface area (Å²) in [6.45, 7) is 5.88. The average Bonchev–Trinajstić information content (AvgIpc) is 2.76. The Morgan fingerprint density at radius 3 is 2.32 bits per heavy atom. The summed E-state index contributed by atoms with van der Waals surface area (Å²) in [6, 6.07) is 12.3. The van der Waals surface area contributed by atoms with E-state index in [-0.39, 0.29) is 11.6 Å². The van der Waals surface area contributed by atoms with Crippen molar-refractivity contribution in [3.63, 3.8) is 0 Å². The number of piperazine rings is 1. The summed E-state index contributed by atoms with van der Waals surface area (Å²) < 4.78 is 29.9. The fourth-order valence-corrected chi connectivity index (χ4v) is 5.77. The van der Waals surface area contributed by atoms with Crippen LogP contribution >= 0.6 is 15.9 Å². The molecule has 0 spiro atoms. The molecule has 0 amide bonds. The van der Waals surface area contributed by atoms with Crippen LogP contribution in [0.4, 0.5) is 0 Å². The van der Waals surface area contributed by atoms with E-state index in [1.807, 2.05) is 38.1 Å². The fraction of sp³-hybridized carbons (Fsp3) is 0.364. The fourth-order valence-electron chi connectivity index (χ4n) is 3.99. The SMILES string of the molecule is Cc1ccc(S(=O)(=O)N2CCN(C(C)c3nc4ccc(Br)cc4c(=O)n3C)CC2)cc1. The third-order valence-electron chi connectivity index (χ3n) is 5.93. The van der Waals surface area contributed by atoms with E-state index in [1.165, 1.54) is 4.31 Å². The van der Waals surface area contributed by atoms with Gasteiger partial charge in [0.1, 0.15) is 5.82 Å². The van der Waals surface area contributed by atoms with Crippen molar-refractivity contribution < 1.29 is 8.42 Å². The predicted octanol–water partition coefficient (Wildman–Crippen LogP) is 3.07. The minimum atomic E-state index is -3.51. The number of rotatable bonds is 4. The third kappa shape index (κ3) is 4.19. The predicted molar refractivity (Wildman–Crippen MR) is 125 cm³/mol. The Kier molecular flexibility index (Phi) is 6.04. The first-order valence-electron chi connectivity index (χ1n) is 10.2. The smallest absolute Gasteiger partial charge is 0.261 e. The van der Waals surface area contributed by atoms with Crippen LogP contribution in [0.3, 0.4) is 0 Å². The third-order valence-corrected chi connectivity index (χ3v) is 8.33. The van der Waals surface area contributed by atoms with E-state index in [4.69, 9.17) is 4.98 Å². The van der Waals surface area contributed by atoms with Crippen molar-refractivity contribution >= 4 is 36.9 Å². The van der Waals surface area contributed by atoms with Gasteiger partial charge in [0.15, 0.2) is 0 Å². The molecule has 2 heterocycles. The quantitative estimate of drug-likeness (QED) is 0.545. The summed E-state index contributed by atoms with van der Waals surface area (Å²) in [5.74, 6) is 0.676. The van der Waals surface area contributed by atoms with Gasteiger partial charge in [-0.05, 0) is 44.2 Å². The van der Waals surface area contributed by atoms with Crippen molar-refractivity contribution in [1.82, 2.24) is 18.8 Å². The molecule has 1 aliphatic heterocycles. The van der Waals surface area contributed by atoms with E-state index >= 15 is 0 Å². The first-order chi connectivity index (χ1) is 14.7. The number of aryl methyl sites for hydroxylation is 1. The zero-order chi connectivity index (χ0) is 22.3. The topological polar surface area (TPSA) is 75.5 Å². The van der Waals surface area contributed by atoms with Gasteiger partial charge < -0.3 is 0 Å². The normalized spacial score (nSPS) is 17.2. The van der Waals surface area contributed by atoms with Crippen LogP contribution < -0.4 is 5.56 Å². The molecule has 1 aliphatic rings. The summed E-state index contributed by atoms with van der Waals surface area (Å²) in [7, 11) is -1.77. The van der Waals surface area contributed by atoms with Gasteiger partial charge in [0, 0.05) is 37.7 Å². The highest BCUT2D eigenvalue weighted by Crippen LogP contribution is 2.24. The van der Waals surface area contributed by atoms with Crippen molar-refractivity contribution in [3.05, 3.63) is 68.7 Å². The number of hydrogen-bond acceptors (Lipinski definition) is 5. The summed E-state index contributed by atoms with van der Waals surface area (Å²) in [5, 5.41) is 0.571. The highest BCUT2D eigenvalue weighted by Gasteiger charge is 2.31. The molecule has 0 saturated carbocycles. The van der Waals surface area contributed by atoms with Crippen LogP contribution in [0.25, 0.3) is 10.9 Å². The van der Waals surface area contributed by atoms with Crippen LogP contribution in [-0.4, -0.2) is 53.4 Å². The number of fused-ring (bicyclic) bond motifs is 1. The number of hydrogen-bond donors (Lipinski definition) is 0. The Balaban J connectivity index is 1.54. The van der Waals surface area contributed by atoms with E-state index in [9.17, 15) is 13.2 Å². The molecule has 1 aromatic heterocycles. The molecule has 0 radical (unpaired) electrons. The Morgan fingerprint density at radius 1 is 1.03 bits per heavy atom. The summed E-state index contributed by atoms with van der Waals surface area (Å²) in [5.41, 5.74) is 1.60. The summed E-state index contributed by atoms with van der Waals surface area (Å²) >= 11 is 3.41. The molecule has 1 saturated heterocycles. The maximum absolute atomic E-state index is 13.0. The maximum atomic E-state index is 13.0. The molecule has 1 unspecified atom stereocenters. The van der Waals surface area contributed by atoms with Crippen molar-refractivity contribution in [1.29, 1.82) is 0 Å². The Morgan fingerprint density at radius 2 is 1.68 bits per heavy atom. The van der Waals surface area contributed by atoms with Gasteiger partial charge in [0.2, 0.25) is 10.0 Å². The minimum Gasteiger partial charge on any atom is -0.298 e. The standard InChI is InChI=1S/C22H25BrN4O3S/c1-15-4-7-18(8-5-15)31(29,30)27-12-10-26(11-13-27)16(2)21-24-20-9-6-17(23)14-19(20)22(28)25(21)3/h4-9,14,16H,10-13H2,1-3H3. The van der Waals surface area contributed by atoms with Gasteiger partial charge in [-0.2, -0.15) is 4.31 Å². The number of nitrogens with zero attached hydrogens (tertiary/aromatic N) is 4. The summed E-state index contributed by atoms with van der Waals surface area (Å²) in [4.78, 5) is 20.1. The van der Waals surface area contributed by atoms with Crippen LogP contribution in [0.15, 0.2) is 56.6 Å². The molecule has 0 N–H and O–H groups in total. The highest BCUT2D eigenvalue weighted by molar-refractivity contribution is 9.10. The minimum absolute atomic E-state index is 0.0891.